The first-order chi connectivity index (χ1) is 8.90. The SMILES string of the molecule is CCCC(C)(CO)NC(=O)Nc1ccc(Cl)cc1I. The third-order valence-electron chi connectivity index (χ3n) is 2.75. The Morgan fingerprint density at radius 2 is 2.21 bits per heavy atom. The van der Waals surface area contributed by atoms with E-state index in [2.05, 4.69) is 33.2 Å². The molecule has 0 aliphatic rings. The highest BCUT2D eigenvalue weighted by atomic mass is 127. The van der Waals surface area contributed by atoms with Crippen LogP contribution in [0.15, 0.2) is 18.2 Å². The molecular formula is C13H18ClIN2O2. The van der Waals surface area contributed by atoms with E-state index in [9.17, 15) is 9.90 Å². The van der Waals surface area contributed by atoms with Crippen LogP contribution in [-0.4, -0.2) is 23.3 Å². The van der Waals surface area contributed by atoms with Gasteiger partial charge >= 0.3 is 6.03 Å². The zero-order valence-corrected chi connectivity index (χ0v) is 13.9. The molecule has 0 aromatic heterocycles. The van der Waals surface area contributed by atoms with Crippen LogP contribution in [0.25, 0.3) is 0 Å². The normalized spacial score (nSPS) is 13.7. The van der Waals surface area contributed by atoms with Gasteiger partial charge in [0, 0.05) is 8.59 Å². The van der Waals surface area contributed by atoms with E-state index >= 15 is 0 Å². The number of halogens is 2. The number of rotatable bonds is 5. The molecule has 4 nitrogen and oxygen atoms in total. The molecule has 0 saturated heterocycles. The van der Waals surface area contributed by atoms with Crippen molar-refractivity contribution in [2.75, 3.05) is 11.9 Å². The Morgan fingerprint density at radius 1 is 1.53 bits per heavy atom. The summed E-state index contributed by atoms with van der Waals surface area (Å²) in [7, 11) is 0. The second kappa shape index (κ2) is 7.31. The summed E-state index contributed by atoms with van der Waals surface area (Å²) < 4.78 is 0.862. The standard InChI is InChI=1S/C13H18ClIN2O2/c1-3-6-13(2,8-18)17-12(19)16-11-5-4-9(14)7-10(11)15/h4-5,7,18H,3,6,8H2,1-2H3,(H2,16,17,19). The maximum atomic E-state index is 11.9. The molecule has 0 bridgehead atoms. The number of carbonyl (C=O) groups is 1. The quantitative estimate of drug-likeness (QED) is 0.666. The fraction of sp³-hybridized carbons (Fsp3) is 0.462. The van der Waals surface area contributed by atoms with E-state index in [1.54, 1.807) is 18.2 Å². The van der Waals surface area contributed by atoms with Gasteiger partial charge in [-0.2, -0.15) is 0 Å². The van der Waals surface area contributed by atoms with Gasteiger partial charge in [-0.15, -0.1) is 0 Å². The monoisotopic (exact) mass is 396 g/mol. The number of aliphatic hydroxyl groups is 1. The molecule has 19 heavy (non-hydrogen) atoms. The van der Waals surface area contributed by atoms with E-state index in [4.69, 9.17) is 11.6 Å². The van der Waals surface area contributed by atoms with Crippen LogP contribution in [-0.2, 0) is 0 Å². The van der Waals surface area contributed by atoms with Gasteiger partial charge in [-0.3, -0.25) is 0 Å². The highest BCUT2D eigenvalue weighted by Crippen LogP contribution is 2.22. The molecule has 3 N–H and O–H groups in total. The minimum Gasteiger partial charge on any atom is -0.394 e. The van der Waals surface area contributed by atoms with E-state index in [1.807, 2.05) is 13.8 Å². The van der Waals surface area contributed by atoms with Crippen LogP contribution in [0.2, 0.25) is 5.02 Å². The van der Waals surface area contributed by atoms with E-state index in [-0.39, 0.29) is 12.6 Å². The average molecular weight is 397 g/mol. The Balaban J connectivity index is 2.69. The van der Waals surface area contributed by atoms with Crippen LogP contribution in [0.4, 0.5) is 10.5 Å². The van der Waals surface area contributed by atoms with Crippen LogP contribution in [0.3, 0.4) is 0 Å². The fourth-order valence-corrected chi connectivity index (χ4v) is 2.76. The average Bonchev–Trinajstić information content (AvgIpc) is 2.33. The zero-order valence-electron chi connectivity index (χ0n) is 11.0. The van der Waals surface area contributed by atoms with Gasteiger partial charge in [0.1, 0.15) is 0 Å². The lowest BCUT2D eigenvalue weighted by atomic mass is 9.98. The summed E-state index contributed by atoms with van der Waals surface area (Å²) in [4.78, 5) is 11.9. The highest BCUT2D eigenvalue weighted by Gasteiger charge is 2.24. The van der Waals surface area contributed by atoms with Crippen LogP contribution < -0.4 is 10.6 Å². The Kier molecular flexibility index (Phi) is 6.35. The smallest absolute Gasteiger partial charge is 0.319 e. The van der Waals surface area contributed by atoms with Crippen molar-refractivity contribution in [3.63, 3.8) is 0 Å². The van der Waals surface area contributed by atoms with Crippen molar-refractivity contribution in [1.82, 2.24) is 5.32 Å². The molecule has 0 aliphatic heterocycles. The van der Waals surface area contributed by atoms with Crippen molar-refractivity contribution in [2.45, 2.75) is 32.2 Å². The van der Waals surface area contributed by atoms with Gasteiger partial charge in [-0.1, -0.05) is 24.9 Å². The van der Waals surface area contributed by atoms with Crippen molar-refractivity contribution < 1.29 is 9.90 Å². The summed E-state index contributed by atoms with van der Waals surface area (Å²) >= 11 is 7.96. The summed E-state index contributed by atoms with van der Waals surface area (Å²) in [6.45, 7) is 3.74. The van der Waals surface area contributed by atoms with Crippen molar-refractivity contribution in [3.8, 4) is 0 Å². The Morgan fingerprint density at radius 3 is 2.74 bits per heavy atom. The van der Waals surface area contributed by atoms with Crippen molar-refractivity contribution >= 4 is 45.9 Å². The Hall–Kier alpha value is -0.530. The number of anilines is 1. The molecule has 1 unspecified atom stereocenters. The molecule has 0 fully saturated rings. The summed E-state index contributed by atoms with van der Waals surface area (Å²) in [6, 6.07) is 4.91. The first kappa shape index (κ1) is 16.5. The van der Waals surface area contributed by atoms with Crippen molar-refractivity contribution in [2.24, 2.45) is 0 Å². The predicted molar refractivity (Wildman–Crippen MR) is 86.7 cm³/mol. The van der Waals surface area contributed by atoms with E-state index in [0.29, 0.717) is 17.1 Å². The number of amides is 2. The summed E-state index contributed by atoms with van der Waals surface area (Å²) in [6.07, 6.45) is 1.60. The second-order valence-corrected chi connectivity index (χ2v) is 6.27. The third-order valence-corrected chi connectivity index (χ3v) is 3.87. The number of benzene rings is 1. The van der Waals surface area contributed by atoms with Gasteiger partial charge in [0.05, 0.1) is 17.8 Å². The highest BCUT2D eigenvalue weighted by molar-refractivity contribution is 14.1. The van der Waals surface area contributed by atoms with E-state index < -0.39 is 5.54 Å². The Bertz CT molecular complexity index is 456. The van der Waals surface area contributed by atoms with Gasteiger partial charge in [0.25, 0.3) is 0 Å². The number of aliphatic hydroxyl groups excluding tert-OH is 1. The molecule has 1 rings (SSSR count). The number of nitrogens with one attached hydrogen (secondary N) is 2. The molecule has 0 heterocycles. The lowest BCUT2D eigenvalue weighted by Crippen LogP contribution is -2.50. The lowest BCUT2D eigenvalue weighted by molar-refractivity contribution is 0.167. The largest absolute Gasteiger partial charge is 0.394 e. The number of urea groups is 1. The lowest BCUT2D eigenvalue weighted by Gasteiger charge is -2.28. The van der Waals surface area contributed by atoms with Crippen LogP contribution in [0, 0.1) is 3.57 Å². The molecule has 1 aromatic carbocycles. The van der Waals surface area contributed by atoms with E-state index in [1.165, 1.54) is 0 Å². The first-order valence-corrected chi connectivity index (χ1v) is 7.51. The van der Waals surface area contributed by atoms with Gasteiger partial charge in [-0.05, 0) is 54.1 Å². The second-order valence-electron chi connectivity index (χ2n) is 4.67. The maximum absolute atomic E-state index is 11.9. The summed E-state index contributed by atoms with van der Waals surface area (Å²) in [5, 5.41) is 15.5. The molecule has 0 aliphatic carbocycles. The van der Waals surface area contributed by atoms with Gasteiger partial charge in [0.2, 0.25) is 0 Å². The molecule has 1 atom stereocenters. The van der Waals surface area contributed by atoms with E-state index in [0.717, 1.165) is 9.99 Å². The molecule has 6 heteroatoms. The molecule has 0 radical (unpaired) electrons. The topological polar surface area (TPSA) is 61.4 Å². The number of hydrogen-bond donors (Lipinski definition) is 3. The zero-order chi connectivity index (χ0) is 14.5. The van der Waals surface area contributed by atoms with Gasteiger partial charge in [0.15, 0.2) is 0 Å². The maximum Gasteiger partial charge on any atom is 0.319 e. The summed E-state index contributed by atoms with van der Waals surface area (Å²) in [5.41, 5.74) is 0.0933. The van der Waals surface area contributed by atoms with Crippen molar-refractivity contribution in [3.05, 3.63) is 26.8 Å². The number of hydrogen-bond acceptors (Lipinski definition) is 2. The predicted octanol–water partition coefficient (Wildman–Crippen LogP) is 3.62. The fourth-order valence-electron chi connectivity index (χ4n) is 1.75. The molecule has 0 saturated carbocycles. The molecule has 2 amide bonds. The van der Waals surface area contributed by atoms with Crippen LogP contribution in [0.1, 0.15) is 26.7 Å². The minimum atomic E-state index is -0.601. The van der Waals surface area contributed by atoms with Crippen LogP contribution >= 0.6 is 34.2 Å². The molecular weight excluding hydrogens is 379 g/mol. The first-order valence-electron chi connectivity index (χ1n) is 6.05. The molecule has 1 aromatic rings. The molecule has 0 spiro atoms. The van der Waals surface area contributed by atoms with Gasteiger partial charge in [-0.25, -0.2) is 4.79 Å². The third kappa shape index (κ3) is 5.16. The van der Waals surface area contributed by atoms with Gasteiger partial charge < -0.3 is 15.7 Å². The summed E-state index contributed by atoms with van der Waals surface area (Å²) in [5.74, 6) is 0. The Labute approximate surface area is 132 Å². The minimum absolute atomic E-state index is 0.0913. The molecule has 106 valence electrons. The number of carbonyl (C=O) groups excluding carboxylic acids is 1. The van der Waals surface area contributed by atoms with Crippen LogP contribution in [0.5, 0.6) is 0 Å². The van der Waals surface area contributed by atoms with Crippen molar-refractivity contribution in [1.29, 1.82) is 0 Å².